The molecule has 1 heterocycles. The number of sulfonamides is 1. The van der Waals surface area contributed by atoms with E-state index in [-0.39, 0.29) is 16.5 Å². The summed E-state index contributed by atoms with van der Waals surface area (Å²) in [5, 5.41) is 12.3. The third kappa shape index (κ3) is 3.31. The largest absolute Gasteiger partial charge is 0.289 e. The Labute approximate surface area is 123 Å². The van der Waals surface area contributed by atoms with Crippen molar-refractivity contribution in [3.05, 3.63) is 49.9 Å². The van der Waals surface area contributed by atoms with Gasteiger partial charge < -0.3 is 0 Å². The number of hydrogen-bond acceptors (Lipinski definition) is 6. The molecule has 0 aliphatic heterocycles. The SMILES string of the molecule is O=[N+]([O-])c1cc(S(=O)(=O)NCc2cscn2)ccc1Cl. The number of nitrogens with zero attached hydrogens (tertiary/aromatic N) is 2. The Bertz CT molecular complexity index is 731. The molecule has 0 aliphatic rings. The molecule has 7 nitrogen and oxygen atoms in total. The van der Waals surface area contributed by atoms with E-state index in [2.05, 4.69) is 9.71 Å². The van der Waals surface area contributed by atoms with E-state index in [1.807, 2.05) is 0 Å². The summed E-state index contributed by atoms with van der Waals surface area (Å²) in [6.45, 7) is 0.0161. The molecular weight excluding hydrogens is 326 g/mol. The molecule has 0 saturated carbocycles. The van der Waals surface area contributed by atoms with Gasteiger partial charge in [-0.15, -0.1) is 11.3 Å². The van der Waals surface area contributed by atoms with Crippen molar-refractivity contribution in [2.45, 2.75) is 11.4 Å². The van der Waals surface area contributed by atoms with Gasteiger partial charge in [-0.05, 0) is 12.1 Å². The van der Waals surface area contributed by atoms with E-state index >= 15 is 0 Å². The average Bonchev–Trinajstić information content (AvgIpc) is 2.89. The Balaban J connectivity index is 2.25. The number of halogens is 1. The lowest BCUT2D eigenvalue weighted by Crippen LogP contribution is -2.23. The molecule has 2 aromatic rings. The van der Waals surface area contributed by atoms with E-state index in [0.29, 0.717) is 5.69 Å². The maximum atomic E-state index is 12.0. The molecule has 0 spiro atoms. The number of nitrogens with one attached hydrogen (secondary N) is 1. The summed E-state index contributed by atoms with van der Waals surface area (Å²) in [6.07, 6.45) is 0. The fraction of sp³-hybridized carbons (Fsp3) is 0.100. The van der Waals surface area contributed by atoms with Crippen LogP contribution in [0.1, 0.15) is 5.69 Å². The third-order valence-corrected chi connectivity index (χ3v) is 4.71. The molecule has 0 atom stereocenters. The first-order chi connectivity index (χ1) is 9.40. The second-order valence-corrected chi connectivity index (χ2v) is 6.57. The van der Waals surface area contributed by atoms with Gasteiger partial charge in [-0.3, -0.25) is 10.1 Å². The molecular formula is C10H8ClN3O4S2. The molecule has 1 aromatic heterocycles. The van der Waals surface area contributed by atoms with Crippen molar-refractivity contribution in [1.29, 1.82) is 0 Å². The van der Waals surface area contributed by atoms with Crippen molar-refractivity contribution >= 4 is 38.6 Å². The quantitative estimate of drug-likeness (QED) is 0.667. The van der Waals surface area contributed by atoms with Crippen LogP contribution in [0.2, 0.25) is 5.02 Å². The molecule has 106 valence electrons. The zero-order valence-electron chi connectivity index (χ0n) is 9.82. The van der Waals surface area contributed by atoms with Crippen LogP contribution in [0.5, 0.6) is 0 Å². The first-order valence-corrected chi connectivity index (χ1v) is 8.01. The van der Waals surface area contributed by atoms with Gasteiger partial charge in [0.05, 0.1) is 27.6 Å². The number of thiazole rings is 1. The van der Waals surface area contributed by atoms with Gasteiger partial charge >= 0.3 is 0 Å². The van der Waals surface area contributed by atoms with Crippen LogP contribution in [-0.4, -0.2) is 18.3 Å². The summed E-state index contributed by atoms with van der Waals surface area (Å²) in [5.74, 6) is 0. The first-order valence-electron chi connectivity index (χ1n) is 5.21. The van der Waals surface area contributed by atoms with Gasteiger partial charge in [0, 0.05) is 11.4 Å². The lowest BCUT2D eigenvalue weighted by atomic mass is 10.3. The number of nitro benzene ring substituents is 1. The summed E-state index contributed by atoms with van der Waals surface area (Å²) in [4.78, 5) is 13.7. The van der Waals surface area contributed by atoms with E-state index < -0.39 is 20.6 Å². The molecule has 2 rings (SSSR count). The Morgan fingerprint density at radius 3 is 2.80 bits per heavy atom. The van der Waals surface area contributed by atoms with Gasteiger partial charge in [0.2, 0.25) is 10.0 Å². The Kier molecular flexibility index (Phi) is 4.33. The van der Waals surface area contributed by atoms with Gasteiger partial charge in [-0.2, -0.15) is 0 Å². The van der Waals surface area contributed by atoms with E-state index in [1.165, 1.54) is 23.5 Å². The topological polar surface area (TPSA) is 102 Å². The summed E-state index contributed by atoms with van der Waals surface area (Å²) in [5.41, 5.74) is 1.70. The van der Waals surface area contributed by atoms with Crippen LogP contribution in [0.3, 0.4) is 0 Å². The molecule has 1 N–H and O–H groups in total. The first kappa shape index (κ1) is 14.9. The van der Waals surface area contributed by atoms with Crippen molar-refractivity contribution in [3.8, 4) is 0 Å². The van der Waals surface area contributed by atoms with Crippen LogP contribution in [0.15, 0.2) is 34.0 Å². The molecule has 0 radical (unpaired) electrons. The zero-order valence-corrected chi connectivity index (χ0v) is 12.2. The predicted octanol–water partition coefficient (Wildman–Crippen LogP) is 2.18. The van der Waals surface area contributed by atoms with E-state index in [4.69, 9.17) is 11.6 Å². The Morgan fingerprint density at radius 2 is 2.20 bits per heavy atom. The highest BCUT2D eigenvalue weighted by Crippen LogP contribution is 2.27. The highest BCUT2D eigenvalue weighted by Gasteiger charge is 2.20. The third-order valence-electron chi connectivity index (χ3n) is 2.35. The van der Waals surface area contributed by atoms with Crippen LogP contribution in [0.4, 0.5) is 5.69 Å². The Morgan fingerprint density at radius 1 is 1.45 bits per heavy atom. The second kappa shape index (κ2) is 5.83. The molecule has 0 unspecified atom stereocenters. The number of benzene rings is 1. The lowest BCUT2D eigenvalue weighted by molar-refractivity contribution is -0.384. The molecule has 1 aromatic carbocycles. The highest BCUT2D eigenvalue weighted by molar-refractivity contribution is 7.89. The predicted molar refractivity (Wildman–Crippen MR) is 74.2 cm³/mol. The van der Waals surface area contributed by atoms with Crippen LogP contribution >= 0.6 is 22.9 Å². The smallest absolute Gasteiger partial charge is 0.258 e. The maximum Gasteiger partial charge on any atom is 0.289 e. The second-order valence-electron chi connectivity index (χ2n) is 3.67. The van der Waals surface area contributed by atoms with Gasteiger partial charge in [0.1, 0.15) is 5.02 Å². The zero-order chi connectivity index (χ0) is 14.8. The standard InChI is InChI=1S/C10H8ClN3O4S2/c11-9-2-1-8(3-10(9)14(15)16)20(17,18)13-4-7-5-19-6-12-7/h1-3,5-6,13H,4H2. The number of rotatable bonds is 5. The van der Waals surface area contributed by atoms with E-state index in [1.54, 1.807) is 10.9 Å². The summed E-state index contributed by atoms with van der Waals surface area (Å²) in [7, 11) is -3.86. The van der Waals surface area contributed by atoms with Crippen LogP contribution in [0.25, 0.3) is 0 Å². The molecule has 0 saturated heterocycles. The summed E-state index contributed by atoms with van der Waals surface area (Å²) in [6, 6.07) is 3.31. The Hall–Kier alpha value is -1.55. The van der Waals surface area contributed by atoms with Crippen LogP contribution in [-0.2, 0) is 16.6 Å². The van der Waals surface area contributed by atoms with Crippen molar-refractivity contribution in [3.63, 3.8) is 0 Å². The molecule has 10 heteroatoms. The fourth-order valence-electron chi connectivity index (χ4n) is 1.38. The molecule has 0 amide bonds. The van der Waals surface area contributed by atoms with Gasteiger partial charge in [0.25, 0.3) is 5.69 Å². The van der Waals surface area contributed by atoms with Gasteiger partial charge in [0.15, 0.2) is 0 Å². The van der Waals surface area contributed by atoms with Crippen LogP contribution in [0, 0.1) is 10.1 Å². The van der Waals surface area contributed by atoms with Crippen molar-refractivity contribution < 1.29 is 13.3 Å². The molecule has 0 fully saturated rings. The average molecular weight is 334 g/mol. The monoisotopic (exact) mass is 333 g/mol. The minimum Gasteiger partial charge on any atom is -0.258 e. The van der Waals surface area contributed by atoms with Crippen molar-refractivity contribution in [2.75, 3.05) is 0 Å². The minimum absolute atomic E-state index is 0.0161. The number of aromatic nitrogens is 1. The fourth-order valence-corrected chi connectivity index (χ4v) is 3.14. The molecule has 0 aliphatic carbocycles. The van der Waals surface area contributed by atoms with Crippen molar-refractivity contribution in [1.82, 2.24) is 9.71 Å². The molecule has 0 bridgehead atoms. The minimum atomic E-state index is -3.86. The lowest BCUT2D eigenvalue weighted by Gasteiger charge is -2.05. The number of nitro groups is 1. The molecule has 20 heavy (non-hydrogen) atoms. The van der Waals surface area contributed by atoms with Gasteiger partial charge in [-0.25, -0.2) is 18.1 Å². The van der Waals surface area contributed by atoms with E-state index in [9.17, 15) is 18.5 Å². The van der Waals surface area contributed by atoms with Crippen molar-refractivity contribution in [2.24, 2.45) is 0 Å². The normalized spacial score (nSPS) is 11.4. The summed E-state index contributed by atoms with van der Waals surface area (Å²) < 4.78 is 26.3. The number of hydrogen-bond donors (Lipinski definition) is 1. The highest BCUT2D eigenvalue weighted by atomic mass is 35.5. The summed E-state index contributed by atoms with van der Waals surface area (Å²) >= 11 is 6.98. The van der Waals surface area contributed by atoms with Crippen LogP contribution < -0.4 is 4.72 Å². The maximum absolute atomic E-state index is 12.0. The van der Waals surface area contributed by atoms with E-state index in [0.717, 1.165) is 6.07 Å². The van der Waals surface area contributed by atoms with Gasteiger partial charge in [-0.1, -0.05) is 11.6 Å².